The maximum absolute atomic E-state index is 12.5. The molecular formula is C17H14N2O6. The second-order valence-electron chi connectivity index (χ2n) is 5.55. The molecule has 0 aliphatic carbocycles. The Kier molecular flexibility index (Phi) is 4.10. The van der Waals surface area contributed by atoms with E-state index in [-0.39, 0.29) is 23.4 Å². The standard InChI is InChI=1S/C17H14N2O6/c1-10(20)14-15(12-6-2-3-7-13(12)19(23)24)18(17(22)16(14)21)9-11-5-4-8-25-11/h2-8,15,21H,9H2,1H3. The van der Waals surface area contributed by atoms with E-state index in [0.29, 0.717) is 5.76 Å². The third-order valence-corrected chi connectivity index (χ3v) is 4.02. The number of para-hydroxylation sites is 1. The number of aliphatic hydroxyl groups excluding tert-OH is 1. The van der Waals surface area contributed by atoms with Gasteiger partial charge in [-0.1, -0.05) is 12.1 Å². The van der Waals surface area contributed by atoms with Crippen LogP contribution in [0.2, 0.25) is 0 Å². The number of hydrogen-bond acceptors (Lipinski definition) is 6. The highest BCUT2D eigenvalue weighted by Gasteiger charge is 2.44. The minimum Gasteiger partial charge on any atom is -0.503 e. The molecule has 3 rings (SSSR count). The number of Topliss-reactive ketones (excluding diaryl/α,β-unsaturated/α-hetero) is 1. The molecule has 1 amide bonds. The van der Waals surface area contributed by atoms with Crippen molar-refractivity contribution in [1.29, 1.82) is 0 Å². The summed E-state index contributed by atoms with van der Waals surface area (Å²) in [5, 5.41) is 21.5. The lowest BCUT2D eigenvalue weighted by Crippen LogP contribution is -2.30. The topological polar surface area (TPSA) is 114 Å². The van der Waals surface area contributed by atoms with E-state index in [0.717, 1.165) is 0 Å². The lowest BCUT2D eigenvalue weighted by molar-refractivity contribution is -0.385. The van der Waals surface area contributed by atoms with Crippen LogP contribution in [0.5, 0.6) is 0 Å². The quantitative estimate of drug-likeness (QED) is 0.660. The molecule has 2 heterocycles. The normalized spacial score (nSPS) is 17.2. The van der Waals surface area contributed by atoms with E-state index in [1.54, 1.807) is 18.2 Å². The molecule has 2 aromatic rings. The monoisotopic (exact) mass is 342 g/mol. The maximum Gasteiger partial charge on any atom is 0.290 e. The van der Waals surface area contributed by atoms with Crippen LogP contribution in [-0.4, -0.2) is 26.6 Å². The Bertz CT molecular complexity index is 884. The summed E-state index contributed by atoms with van der Waals surface area (Å²) in [6.45, 7) is 1.17. The van der Waals surface area contributed by atoms with E-state index in [1.165, 1.54) is 36.3 Å². The van der Waals surface area contributed by atoms with Crippen LogP contribution in [0.1, 0.15) is 24.3 Å². The van der Waals surface area contributed by atoms with Crippen LogP contribution >= 0.6 is 0 Å². The predicted molar refractivity (Wildman–Crippen MR) is 85.4 cm³/mol. The molecule has 128 valence electrons. The fourth-order valence-electron chi connectivity index (χ4n) is 2.96. The van der Waals surface area contributed by atoms with Crippen LogP contribution in [0, 0.1) is 10.1 Å². The molecule has 0 bridgehead atoms. The third kappa shape index (κ3) is 2.78. The van der Waals surface area contributed by atoms with Crippen LogP contribution in [0.4, 0.5) is 5.69 Å². The number of furan rings is 1. The van der Waals surface area contributed by atoms with Gasteiger partial charge in [-0.25, -0.2) is 0 Å². The predicted octanol–water partition coefficient (Wildman–Crippen LogP) is 2.67. The number of carbonyl (C=O) groups excluding carboxylic acids is 2. The summed E-state index contributed by atoms with van der Waals surface area (Å²) in [4.78, 5) is 36.5. The molecule has 25 heavy (non-hydrogen) atoms. The molecule has 8 nitrogen and oxygen atoms in total. The molecule has 1 aromatic carbocycles. The lowest BCUT2D eigenvalue weighted by atomic mass is 9.95. The highest BCUT2D eigenvalue weighted by Crippen LogP contribution is 2.41. The molecule has 1 N–H and O–H groups in total. The summed E-state index contributed by atoms with van der Waals surface area (Å²) in [5.41, 5.74) is -0.245. The number of hydrogen-bond donors (Lipinski definition) is 1. The first-order valence-electron chi connectivity index (χ1n) is 7.42. The third-order valence-electron chi connectivity index (χ3n) is 4.02. The van der Waals surface area contributed by atoms with Gasteiger partial charge >= 0.3 is 0 Å². The molecule has 0 saturated heterocycles. The molecule has 1 aliphatic rings. The van der Waals surface area contributed by atoms with Crippen LogP contribution in [0.15, 0.2) is 58.4 Å². The van der Waals surface area contributed by atoms with Crippen LogP contribution in [-0.2, 0) is 16.1 Å². The van der Waals surface area contributed by atoms with Crippen molar-refractivity contribution < 1.29 is 24.0 Å². The number of nitro groups is 1. The van der Waals surface area contributed by atoms with Gasteiger partial charge in [-0.15, -0.1) is 0 Å². The van der Waals surface area contributed by atoms with Crippen molar-refractivity contribution in [2.75, 3.05) is 0 Å². The van der Waals surface area contributed by atoms with E-state index in [1.807, 2.05) is 0 Å². The lowest BCUT2D eigenvalue weighted by Gasteiger charge is -2.25. The van der Waals surface area contributed by atoms with E-state index >= 15 is 0 Å². The van der Waals surface area contributed by atoms with E-state index in [2.05, 4.69) is 0 Å². The fraction of sp³-hybridized carbons (Fsp3) is 0.176. The van der Waals surface area contributed by atoms with Crippen LogP contribution in [0.3, 0.4) is 0 Å². The smallest absolute Gasteiger partial charge is 0.290 e. The summed E-state index contributed by atoms with van der Waals surface area (Å²) in [6.07, 6.45) is 1.43. The molecule has 0 fully saturated rings. The van der Waals surface area contributed by atoms with Gasteiger partial charge in [-0.2, -0.15) is 0 Å². The number of rotatable bonds is 5. The van der Waals surface area contributed by atoms with Crippen molar-refractivity contribution in [3.63, 3.8) is 0 Å². The molecule has 1 atom stereocenters. The number of aliphatic hydroxyl groups is 1. The molecule has 1 aromatic heterocycles. The SMILES string of the molecule is CC(=O)C1=C(O)C(=O)N(Cc2ccco2)C1c1ccccc1[N+](=O)[O-]. The minimum absolute atomic E-state index is 0.0383. The van der Waals surface area contributed by atoms with Gasteiger partial charge < -0.3 is 14.4 Å². The van der Waals surface area contributed by atoms with Crippen molar-refractivity contribution in [3.8, 4) is 0 Å². The maximum atomic E-state index is 12.5. The summed E-state index contributed by atoms with van der Waals surface area (Å²) in [6, 6.07) is 8.03. The Morgan fingerprint density at radius 3 is 2.64 bits per heavy atom. The van der Waals surface area contributed by atoms with Gasteiger partial charge in [0.2, 0.25) is 0 Å². The van der Waals surface area contributed by atoms with Crippen molar-refractivity contribution in [1.82, 2.24) is 4.90 Å². The van der Waals surface area contributed by atoms with E-state index in [9.17, 15) is 24.8 Å². The fourth-order valence-corrected chi connectivity index (χ4v) is 2.96. The highest BCUT2D eigenvalue weighted by atomic mass is 16.6. The zero-order valence-electron chi connectivity index (χ0n) is 13.2. The van der Waals surface area contributed by atoms with E-state index in [4.69, 9.17) is 4.42 Å². The van der Waals surface area contributed by atoms with Gasteiger partial charge in [0.1, 0.15) is 5.76 Å². The number of nitrogens with zero attached hydrogens (tertiary/aromatic N) is 2. The van der Waals surface area contributed by atoms with Crippen LogP contribution in [0.25, 0.3) is 0 Å². The Labute approximate surface area is 142 Å². The Hall–Kier alpha value is -3.42. The molecule has 0 saturated carbocycles. The molecule has 8 heteroatoms. The zero-order chi connectivity index (χ0) is 18.1. The number of ketones is 1. The van der Waals surface area contributed by atoms with Gasteiger partial charge in [-0.05, 0) is 25.1 Å². The summed E-state index contributed by atoms with van der Waals surface area (Å²) in [7, 11) is 0. The minimum atomic E-state index is -1.06. The van der Waals surface area contributed by atoms with Crippen molar-refractivity contribution in [2.24, 2.45) is 0 Å². The first-order chi connectivity index (χ1) is 11.9. The second-order valence-corrected chi connectivity index (χ2v) is 5.55. The summed E-state index contributed by atoms with van der Waals surface area (Å²) >= 11 is 0. The molecule has 1 aliphatic heterocycles. The van der Waals surface area contributed by atoms with Gasteiger partial charge in [-0.3, -0.25) is 19.7 Å². The average Bonchev–Trinajstić information content (AvgIpc) is 3.17. The van der Waals surface area contributed by atoms with Gasteiger partial charge in [0.15, 0.2) is 11.5 Å². The van der Waals surface area contributed by atoms with Crippen molar-refractivity contribution in [2.45, 2.75) is 19.5 Å². The molecule has 1 unspecified atom stereocenters. The molecule has 0 spiro atoms. The average molecular weight is 342 g/mol. The first-order valence-corrected chi connectivity index (χ1v) is 7.42. The van der Waals surface area contributed by atoms with Crippen LogP contribution < -0.4 is 0 Å². The largest absolute Gasteiger partial charge is 0.503 e. The van der Waals surface area contributed by atoms with Gasteiger partial charge in [0.05, 0.1) is 34.9 Å². The van der Waals surface area contributed by atoms with E-state index < -0.39 is 28.4 Å². The molecule has 0 radical (unpaired) electrons. The summed E-state index contributed by atoms with van der Waals surface area (Å²) in [5.74, 6) is -1.57. The Morgan fingerprint density at radius 2 is 2.04 bits per heavy atom. The van der Waals surface area contributed by atoms with Crippen molar-refractivity contribution >= 4 is 17.4 Å². The number of benzene rings is 1. The van der Waals surface area contributed by atoms with Gasteiger partial charge in [0.25, 0.3) is 11.6 Å². The number of carbonyl (C=O) groups is 2. The molecular weight excluding hydrogens is 328 g/mol. The Balaban J connectivity index is 2.15. The van der Waals surface area contributed by atoms with Gasteiger partial charge in [0, 0.05) is 6.07 Å². The second kappa shape index (κ2) is 6.23. The zero-order valence-corrected chi connectivity index (χ0v) is 13.2. The summed E-state index contributed by atoms with van der Waals surface area (Å²) < 4.78 is 5.22. The Morgan fingerprint density at radius 1 is 1.32 bits per heavy atom. The highest BCUT2D eigenvalue weighted by molar-refractivity contribution is 6.08. The number of nitro benzene ring substituents is 1. The first kappa shape index (κ1) is 16.4. The van der Waals surface area contributed by atoms with Crippen molar-refractivity contribution in [3.05, 3.63) is 75.4 Å². The number of amides is 1.